The summed E-state index contributed by atoms with van der Waals surface area (Å²) in [6, 6.07) is 0.640. The van der Waals surface area contributed by atoms with Gasteiger partial charge in [0, 0.05) is 70.3 Å². The number of H-pyrrole nitrogens is 1. The van der Waals surface area contributed by atoms with Crippen LogP contribution in [0.5, 0.6) is 0 Å². The lowest BCUT2D eigenvalue weighted by atomic mass is 9.92. The maximum Gasteiger partial charge on any atom is 0.326 e. The predicted octanol–water partition coefficient (Wildman–Crippen LogP) is -4.05. The Balaban J connectivity index is 1.00. The van der Waals surface area contributed by atoms with Crippen LogP contribution in [0, 0.1) is 5.92 Å². The molecule has 113 heavy (non-hydrogen) atoms. The highest BCUT2D eigenvalue weighted by molar-refractivity contribution is 6.00. The first-order chi connectivity index (χ1) is 54.1. The van der Waals surface area contributed by atoms with Crippen LogP contribution in [0.25, 0.3) is 0 Å². The summed E-state index contributed by atoms with van der Waals surface area (Å²) in [7, 11) is 0. The first-order valence-corrected chi connectivity index (χ1v) is 38.7. The van der Waals surface area contributed by atoms with Gasteiger partial charge in [0.2, 0.25) is 76.8 Å². The molecule has 5 heterocycles. The molecule has 38 nitrogen and oxygen atoms in total. The summed E-state index contributed by atoms with van der Waals surface area (Å²) < 4.78 is 0. The highest BCUT2D eigenvalue weighted by Gasteiger charge is 2.44. The van der Waals surface area contributed by atoms with Crippen molar-refractivity contribution in [2.24, 2.45) is 44.6 Å². The Morgan fingerprint density at radius 2 is 1.09 bits per heavy atom. The van der Waals surface area contributed by atoms with E-state index in [1.54, 1.807) is 56.3 Å². The van der Waals surface area contributed by atoms with Gasteiger partial charge in [-0.15, -0.1) is 0 Å². The van der Waals surface area contributed by atoms with Crippen LogP contribution >= 0.6 is 0 Å². The Morgan fingerprint density at radius 3 is 1.69 bits per heavy atom. The summed E-state index contributed by atoms with van der Waals surface area (Å²) >= 11 is 0. The van der Waals surface area contributed by atoms with Crippen LogP contribution in [0.15, 0.2) is 77.1 Å². The minimum absolute atomic E-state index is 0.0125. The number of carbonyl (C=O) groups is 14. The number of aliphatic hydroxyl groups excluding tert-OH is 1. The van der Waals surface area contributed by atoms with Crippen LogP contribution in [-0.4, -0.2) is 248 Å². The Morgan fingerprint density at radius 1 is 0.566 bits per heavy atom. The number of guanidine groups is 2. The number of rotatable bonds is 44. The van der Waals surface area contributed by atoms with Crippen LogP contribution in [0.4, 0.5) is 0 Å². The van der Waals surface area contributed by atoms with Crippen LogP contribution in [0.2, 0.25) is 0 Å². The Hall–Kier alpha value is -11.3. The smallest absolute Gasteiger partial charge is 0.326 e. The van der Waals surface area contributed by atoms with Gasteiger partial charge < -0.3 is 112 Å². The Bertz CT molecular complexity index is 3840. The molecule has 0 aliphatic carbocycles. The average Bonchev–Trinajstić information content (AvgIpc) is 1.50. The fourth-order valence-electron chi connectivity index (χ4n) is 14.1. The number of carboxylic acids is 1. The molecule has 0 radical (unpaired) electrons. The number of aliphatic hydroxyl groups is 1. The molecule has 23 N–H and O–H groups in total. The number of aliphatic carboxylic acids is 1. The van der Waals surface area contributed by atoms with E-state index in [0.717, 1.165) is 11.1 Å². The van der Waals surface area contributed by atoms with Gasteiger partial charge >= 0.3 is 5.97 Å². The molecule has 13 amide bonds. The second-order valence-corrected chi connectivity index (χ2v) is 29.2. The molecule has 0 bridgehead atoms. The molecule has 38 heteroatoms. The number of benzene rings is 2. The lowest BCUT2D eigenvalue weighted by Crippen LogP contribution is -2.61. The van der Waals surface area contributed by atoms with Gasteiger partial charge in [-0.25, -0.2) is 9.78 Å². The number of hydrogen-bond acceptors (Lipinski definition) is 19. The highest BCUT2D eigenvalue weighted by Crippen LogP contribution is 2.27. The summed E-state index contributed by atoms with van der Waals surface area (Å²) in [4.78, 5) is 215. The van der Waals surface area contributed by atoms with Crippen LogP contribution in [-0.2, 0) is 92.9 Å². The number of unbranched alkanes of at least 4 members (excludes halogenated alkanes) is 2. The van der Waals surface area contributed by atoms with Gasteiger partial charge in [0.25, 0.3) is 0 Å². The van der Waals surface area contributed by atoms with Crippen molar-refractivity contribution in [2.45, 2.75) is 228 Å². The predicted molar refractivity (Wildman–Crippen MR) is 412 cm³/mol. The molecule has 7 rings (SSSR count). The minimum atomic E-state index is -1.78. The van der Waals surface area contributed by atoms with E-state index in [9.17, 15) is 77.3 Å². The number of imidazole rings is 1. The molecule has 12 atom stereocenters. The number of aromatic nitrogens is 2. The van der Waals surface area contributed by atoms with Crippen molar-refractivity contribution in [3.05, 3.63) is 89.5 Å². The summed E-state index contributed by atoms with van der Waals surface area (Å²) in [5.74, 6) is -11.5. The fourth-order valence-corrected chi connectivity index (χ4v) is 14.1. The van der Waals surface area contributed by atoms with Gasteiger partial charge in [0.1, 0.15) is 72.5 Å². The van der Waals surface area contributed by atoms with Crippen molar-refractivity contribution < 1.29 is 77.3 Å². The number of hydrogen-bond donors (Lipinski definition) is 18. The van der Waals surface area contributed by atoms with Crippen molar-refractivity contribution in [2.75, 3.05) is 45.9 Å². The fraction of sp³-hybridized carbons (Fsp3) is 0.587. The molecule has 3 saturated heterocycles. The third-order valence-corrected chi connectivity index (χ3v) is 20.1. The van der Waals surface area contributed by atoms with Crippen molar-refractivity contribution in [3.8, 4) is 0 Å². The summed E-state index contributed by atoms with van der Waals surface area (Å²) in [5, 5.41) is 47.5. The molecule has 0 saturated carbocycles. The topological polar surface area (TPSA) is 593 Å². The lowest BCUT2D eigenvalue weighted by Gasteiger charge is -2.38. The number of fused-ring (bicyclic) bond motifs is 1. The third kappa shape index (κ3) is 27.3. The second-order valence-electron chi connectivity index (χ2n) is 29.2. The summed E-state index contributed by atoms with van der Waals surface area (Å²) in [5.41, 5.74) is 30.6. The van der Waals surface area contributed by atoms with E-state index < -0.39 is 163 Å². The molecule has 4 aliphatic heterocycles. The summed E-state index contributed by atoms with van der Waals surface area (Å²) in [6.45, 7) is 4.26. The molecular formula is C75H112N22O16. The van der Waals surface area contributed by atoms with Crippen molar-refractivity contribution in [1.82, 2.24) is 77.8 Å². The SMILES string of the molecule is CCCC[C@H](NC(=O)[C@@H]1CCCN1C(=O)CNC(=O)[C@H](CCCCN)NC(=O)[C@H](Cc1cnc[nH]1)NC(=O)[C@H](CO)NC(=O)[C@H](CC(C)C)NC(=O)[C@H](CCCN=C(N)N)NC(=O)[C@@H]1CCCN1C(=O)[C@H](CCCN=C(N)N)NC(=O)[C@@H]1CCC(=O)N1)C(=O)N1Cc2ccccc2C[C@@H]1C(=O)N[C@@H](Cc1ccccc1)C(=O)O. The molecule has 4 aliphatic rings. The summed E-state index contributed by atoms with van der Waals surface area (Å²) in [6.07, 6.45) is 6.15. The van der Waals surface area contributed by atoms with E-state index in [1.165, 1.54) is 27.2 Å². The number of carboxylic acid groups (broad SMARTS) is 1. The van der Waals surface area contributed by atoms with Gasteiger partial charge in [0.05, 0.1) is 19.5 Å². The monoisotopic (exact) mass is 1580 g/mol. The highest BCUT2D eigenvalue weighted by atomic mass is 16.4. The Labute approximate surface area is 655 Å². The number of nitrogens with one attached hydrogen (secondary N) is 11. The number of nitrogens with two attached hydrogens (primary N) is 5. The minimum Gasteiger partial charge on any atom is -0.480 e. The first kappa shape index (κ1) is 88.9. The van der Waals surface area contributed by atoms with E-state index in [4.69, 9.17) is 28.7 Å². The van der Waals surface area contributed by atoms with Gasteiger partial charge in [0.15, 0.2) is 11.9 Å². The van der Waals surface area contributed by atoms with Gasteiger partial charge in [-0.2, -0.15) is 0 Å². The molecule has 618 valence electrons. The maximum atomic E-state index is 14.9. The number of aromatic amines is 1. The van der Waals surface area contributed by atoms with Crippen molar-refractivity contribution >= 4 is 94.7 Å². The van der Waals surface area contributed by atoms with Gasteiger partial charge in [-0.3, -0.25) is 72.3 Å². The van der Waals surface area contributed by atoms with Crippen LogP contribution in [0.1, 0.15) is 152 Å². The largest absolute Gasteiger partial charge is 0.480 e. The number of aliphatic imine (C=N–C) groups is 2. The maximum absolute atomic E-state index is 14.9. The van der Waals surface area contributed by atoms with E-state index in [1.807, 2.05) is 19.1 Å². The van der Waals surface area contributed by atoms with Gasteiger partial charge in [-0.05, 0) is 119 Å². The third-order valence-electron chi connectivity index (χ3n) is 20.1. The standard InChI is InChI=1S/C75H112N22O16/c1-4-5-21-51(72(111)97-40-46-20-10-9-19-45(46)36-59(97)70(109)93-55(73(112)113)35-44-17-7-6-8-18-44)90-68(107)57-25-15-32-95(57)61(100)39-84-62(101)48(22-11-12-29-76)87-66(105)54(37-47-38-81-42-85-47)92-67(106)56(41-98)94-65(104)53(34-43(2)3)91-63(102)49(23-13-30-82-74(77)78)88-69(108)58-26-16-33-96(58)71(110)52(24-14-31-83-75(79)80)89-64(103)50-27-28-60(99)86-50/h6-10,17-20,38,42-43,48-59,98H,4-5,11-16,21-37,39-41,76H2,1-3H3,(H,81,85)(H,84,101)(H,86,99)(H,87,105)(H,88,108)(H,89,103)(H,90,107)(H,91,102)(H,92,106)(H,93,109)(H,94,104)(H,112,113)(H4,77,78,82)(H4,79,80,83)/t48-,49-,50-,51-,52-,53-,54-,55-,56-,57-,58-,59+/m0/s1. The van der Waals surface area contributed by atoms with Gasteiger partial charge in [-0.1, -0.05) is 88.2 Å². The number of carbonyl (C=O) groups excluding carboxylic acids is 13. The van der Waals surface area contributed by atoms with E-state index in [-0.39, 0.29) is 153 Å². The van der Waals surface area contributed by atoms with E-state index in [2.05, 4.69) is 73.1 Å². The molecule has 0 spiro atoms. The number of nitrogens with zero attached hydrogens (tertiary/aromatic N) is 6. The molecule has 2 aromatic carbocycles. The molecule has 0 unspecified atom stereocenters. The zero-order valence-corrected chi connectivity index (χ0v) is 64.3. The van der Waals surface area contributed by atoms with Crippen LogP contribution in [0.3, 0.4) is 0 Å². The quantitative estimate of drug-likeness (QED) is 0.0146. The van der Waals surface area contributed by atoms with Crippen molar-refractivity contribution in [3.63, 3.8) is 0 Å². The first-order valence-electron chi connectivity index (χ1n) is 38.7. The molecule has 3 fully saturated rings. The number of amides is 13. The zero-order valence-electron chi connectivity index (χ0n) is 64.3. The zero-order chi connectivity index (χ0) is 82.3. The van der Waals surface area contributed by atoms with Crippen molar-refractivity contribution in [1.29, 1.82) is 0 Å². The molecular weight excluding hydrogens is 1460 g/mol. The molecule has 3 aromatic rings. The normalized spacial score (nSPS) is 18.5. The molecule has 1 aromatic heterocycles. The van der Waals surface area contributed by atoms with E-state index in [0.29, 0.717) is 49.8 Å². The van der Waals surface area contributed by atoms with E-state index >= 15 is 0 Å². The number of likely N-dealkylation sites (tertiary alicyclic amines) is 2. The second kappa shape index (κ2) is 44.7. The Kier molecular flexibility index (Phi) is 35.1. The average molecular weight is 1580 g/mol. The van der Waals surface area contributed by atoms with Crippen LogP contribution < -0.4 is 81.8 Å². The lowest BCUT2D eigenvalue weighted by molar-refractivity contribution is -0.147.